The Hall–Kier alpha value is -2.28. The molecule has 1 aliphatic carbocycles. The van der Waals surface area contributed by atoms with Gasteiger partial charge in [-0.25, -0.2) is 0 Å². The molecule has 1 heteroatoms. The Morgan fingerprint density at radius 3 is 2.30 bits per heavy atom. The monoisotopic (exact) mass is 302 g/mol. The van der Waals surface area contributed by atoms with Gasteiger partial charge in [0, 0.05) is 5.41 Å². The second-order valence-corrected chi connectivity index (χ2v) is 6.45. The van der Waals surface area contributed by atoms with Crippen LogP contribution in [0.5, 0.6) is 5.75 Å². The first-order valence-corrected chi connectivity index (χ1v) is 8.45. The minimum absolute atomic E-state index is 0.142. The second kappa shape index (κ2) is 5.13. The minimum Gasteiger partial charge on any atom is -0.497 e. The van der Waals surface area contributed by atoms with Crippen LogP contribution in [0, 0.1) is 0 Å². The Kier molecular flexibility index (Phi) is 3.19. The van der Waals surface area contributed by atoms with Gasteiger partial charge in [-0.1, -0.05) is 44.2 Å². The maximum Gasteiger partial charge on any atom is 0.119 e. The highest BCUT2D eigenvalue weighted by atomic mass is 16.5. The number of hydrogen-bond donors (Lipinski definition) is 0. The molecule has 116 valence electrons. The van der Waals surface area contributed by atoms with E-state index < -0.39 is 0 Å². The summed E-state index contributed by atoms with van der Waals surface area (Å²) in [5, 5.41) is 2.55. The quantitative estimate of drug-likeness (QED) is 0.582. The summed E-state index contributed by atoms with van der Waals surface area (Å²) in [7, 11) is 1.73. The Morgan fingerprint density at radius 1 is 0.783 bits per heavy atom. The number of fused-ring (bicyclic) bond motifs is 4. The SMILES string of the molecule is CCC1(CC)c2ccccc2-c2cc3ccc(OC)cc3cc21. The zero-order valence-corrected chi connectivity index (χ0v) is 14.0. The van der Waals surface area contributed by atoms with E-state index in [-0.39, 0.29) is 5.41 Å². The first kappa shape index (κ1) is 14.3. The van der Waals surface area contributed by atoms with Gasteiger partial charge in [0.15, 0.2) is 0 Å². The van der Waals surface area contributed by atoms with Crippen LogP contribution >= 0.6 is 0 Å². The summed E-state index contributed by atoms with van der Waals surface area (Å²) >= 11 is 0. The molecule has 1 nitrogen and oxygen atoms in total. The van der Waals surface area contributed by atoms with Gasteiger partial charge in [0.05, 0.1) is 7.11 Å². The molecule has 3 aromatic rings. The Morgan fingerprint density at radius 2 is 1.57 bits per heavy atom. The van der Waals surface area contributed by atoms with Crippen molar-refractivity contribution in [2.45, 2.75) is 32.1 Å². The molecule has 0 N–H and O–H groups in total. The van der Waals surface area contributed by atoms with Gasteiger partial charge in [0.1, 0.15) is 5.75 Å². The molecule has 0 radical (unpaired) electrons. The van der Waals surface area contributed by atoms with Crippen molar-refractivity contribution in [3.8, 4) is 16.9 Å². The lowest BCUT2D eigenvalue weighted by Crippen LogP contribution is -2.22. The summed E-state index contributed by atoms with van der Waals surface area (Å²) in [5.41, 5.74) is 5.92. The minimum atomic E-state index is 0.142. The molecule has 0 unspecified atom stereocenters. The van der Waals surface area contributed by atoms with Crippen LogP contribution in [0.4, 0.5) is 0 Å². The highest BCUT2D eigenvalue weighted by Gasteiger charge is 2.40. The van der Waals surface area contributed by atoms with E-state index >= 15 is 0 Å². The summed E-state index contributed by atoms with van der Waals surface area (Å²) in [6.45, 7) is 4.62. The molecule has 23 heavy (non-hydrogen) atoms. The molecule has 0 bridgehead atoms. The summed E-state index contributed by atoms with van der Waals surface area (Å²) in [4.78, 5) is 0. The standard InChI is InChI=1S/C22H22O/c1-4-22(5-2)20-9-7-6-8-18(20)19-13-15-10-11-17(23-3)12-16(15)14-21(19)22/h6-14H,4-5H2,1-3H3. The van der Waals surface area contributed by atoms with Crippen molar-refractivity contribution in [2.75, 3.05) is 7.11 Å². The molecule has 0 heterocycles. The second-order valence-electron chi connectivity index (χ2n) is 6.45. The molecule has 1 aliphatic rings. The molecule has 0 fully saturated rings. The highest BCUT2D eigenvalue weighted by molar-refractivity contribution is 5.94. The first-order valence-electron chi connectivity index (χ1n) is 8.45. The van der Waals surface area contributed by atoms with Crippen LogP contribution in [0.25, 0.3) is 21.9 Å². The fourth-order valence-corrected chi connectivity index (χ4v) is 4.31. The van der Waals surface area contributed by atoms with Crippen LogP contribution < -0.4 is 4.74 Å². The van der Waals surface area contributed by atoms with Crippen molar-refractivity contribution in [3.63, 3.8) is 0 Å². The first-order chi connectivity index (χ1) is 11.2. The van der Waals surface area contributed by atoms with Gasteiger partial charge in [0.2, 0.25) is 0 Å². The lowest BCUT2D eigenvalue weighted by molar-refractivity contribution is 0.415. The zero-order valence-electron chi connectivity index (χ0n) is 14.0. The van der Waals surface area contributed by atoms with Crippen molar-refractivity contribution >= 4 is 10.8 Å². The number of rotatable bonds is 3. The van der Waals surface area contributed by atoms with Crippen molar-refractivity contribution in [1.82, 2.24) is 0 Å². The largest absolute Gasteiger partial charge is 0.497 e. The van der Waals surface area contributed by atoms with Gasteiger partial charge >= 0.3 is 0 Å². The predicted molar refractivity (Wildman–Crippen MR) is 97.3 cm³/mol. The van der Waals surface area contributed by atoms with Crippen LogP contribution in [-0.2, 0) is 5.41 Å². The van der Waals surface area contributed by atoms with Crippen molar-refractivity contribution in [2.24, 2.45) is 0 Å². The van der Waals surface area contributed by atoms with E-state index in [1.165, 1.54) is 33.0 Å². The van der Waals surface area contributed by atoms with Crippen LogP contribution in [0.3, 0.4) is 0 Å². The fourth-order valence-electron chi connectivity index (χ4n) is 4.31. The maximum atomic E-state index is 5.41. The molecule has 0 saturated heterocycles. The van der Waals surface area contributed by atoms with Gasteiger partial charge in [-0.2, -0.15) is 0 Å². The molecular formula is C22H22O. The van der Waals surface area contributed by atoms with Gasteiger partial charge in [-0.05, 0) is 70.1 Å². The average Bonchev–Trinajstić information content (AvgIpc) is 2.89. The molecule has 4 rings (SSSR count). The Bertz CT molecular complexity index is 888. The van der Waals surface area contributed by atoms with Crippen LogP contribution in [-0.4, -0.2) is 7.11 Å². The Labute approximate surface area is 137 Å². The van der Waals surface area contributed by atoms with Crippen molar-refractivity contribution < 1.29 is 4.74 Å². The van der Waals surface area contributed by atoms with E-state index in [0.29, 0.717) is 0 Å². The summed E-state index contributed by atoms with van der Waals surface area (Å²) in [5.74, 6) is 0.923. The molecule has 0 aromatic heterocycles. The van der Waals surface area contributed by atoms with E-state index in [1.807, 2.05) is 6.07 Å². The van der Waals surface area contributed by atoms with Gasteiger partial charge in [-0.3, -0.25) is 0 Å². The molecule has 0 atom stereocenters. The predicted octanol–water partition coefficient (Wildman–Crippen LogP) is 5.93. The summed E-state index contributed by atoms with van der Waals surface area (Å²) in [6, 6.07) is 20.0. The van der Waals surface area contributed by atoms with E-state index in [1.54, 1.807) is 7.11 Å². The molecule has 0 aliphatic heterocycles. The van der Waals surface area contributed by atoms with Crippen LogP contribution in [0.15, 0.2) is 54.6 Å². The third-order valence-corrected chi connectivity index (χ3v) is 5.64. The lowest BCUT2D eigenvalue weighted by atomic mass is 9.73. The molecule has 0 saturated carbocycles. The number of hydrogen-bond acceptors (Lipinski definition) is 1. The average molecular weight is 302 g/mol. The fraction of sp³-hybridized carbons (Fsp3) is 0.273. The topological polar surface area (TPSA) is 9.23 Å². The normalized spacial score (nSPS) is 14.6. The van der Waals surface area contributed by atoms with E-state index in [4.69, 9.17) is 4.74 Å². The number of ether oxygens (including phenoxy) is 1. The number of benzene rings is 3. The van der Waals surface area contributed by atoms with E-state index in [2.05, 4.69) is 62.4 Å². The zero-order chi connectivity index (χ0) is 16.0. The third-order valence-electron chi connectivity index (χ3n) is 5.64. The van der Waals surface area contributed by atoms with Crippen LogP contribution in [0.2, 0.25) is 0 Å². The van der Waals surface area contributed by atoms with E-state index in [9.17, 15) is 0 Å². The lowest BCUT2D eigenvalue weighted by Gasteiger charge is -2.29. The highest BCUT2D eigenvalue weighted by Crippen LogP contribution is 2.53. The number of methoxy groups -OCH3 is 1. The smallest absolute Gasteiger partial charge is 0.119 e. The Balaban J connectivity index is 2.07. The van der Waals surface area contributed by atoms with Gasteiger partial charge in [0.25, 0.3) is 0 Å². The molecule has 0 spiro atoms. The van der Waals surface area contributed by atoms with Crippen molar-refractivity contribution in [1.29, 1.82) is 0 Å². The van der Waals surface area contributed by atoms with E-state index in [0.717, 1.165) is 18.6 Å². The summed E-state index contributed by atoms with van der Waals surface area (Å²) < 4.78 is 5.41. The third kappa shape index (κ3) is 1.86. The molecular weight excluding hydrogens is 280 g/mol. The van der Waals surface area contributed by atoms with Crippen LogP contribution in [0.1, 0.15) is 37.8 Å². The maximum absolute atomic E-state index is 5.41. The summed E-state index contributed by atoms with van der Waals surface area (Å²) in [6.07, 6.45) is 2.26. The molecule has 0 amide bonds. The molecule has 3 aromatic carbocycles. The van der Waals surface area contributed by atoms with Gasteiger partial charge < -0.3 is 4.74 Å². The van der Waals surface area contributed by atoms with Crippen molar-refractivity contribution in [3.05, 3.63) is 65.7 Å². The van der Waals surface area contributed by atoms with Gasteiger partial charge in [-0.15, -0.1) is 0 Å².